The lowest BCUT2D eigenvalue weighted by Crippen LogP contribution is -2.36. The van der Waals surface area contributed by atoms with Crippen molar-refractivity contribution < 1.29 is 18.4 Å². The number of carbonyl (C=O) groups is 2. The quantitative estimate of drug-likeness (QED) is 0.534. The Bertz CT molecular complexity index is 943. The summed E-state index contributed by atoms with van der Waals surface area (Å²) in [5.74, 6) is -3.28. The normalized spacial score (nSPS) is 15.8. The summed E-state index contributed by atoms with van der Waals surface area (Å²) >= 11 is 1.32. The van der Waals surface area contributed by atoms with Crippen molar-refractivity contribution in [1.29, 1.82) is 0 Å². The lowest BCUT2D eigenvalue weighted by Gasteiger charge is -2.23. The van der Waals surface area contributed by atoms with Crippen LogP contribution in [-0.2, 0) is 9.59 Å². The molecule has 27 heavy (non-hydrogen) atoms. The summed E-state index contributed by atoms with van der Waals surface area (Å²) in [7, 11) is 0. The maximum Gasteiger partial charge on any atom is 0.257 e. The number of amides is 2. The molecule has 0 spiro atoms. The number of hydrogen-bond donors (Lipinski definition) is 3. The molecule has 0 bridgehead atoms. The molecule has 3 N–H and O–H groups in total. The third-order valence-corrected chi connectivity index (χ3v) is 4.90. The molecule has 3 rings (SSSR count). The smallest absolute Gasteiger partial charge is 0.257 e. The van der Waals surface area contributed by atoms with E-state index in [1.54, 1.807) is 0 Å². The first kappa shape index (κ1) is 19.0. The van der Waals surface area contributed by atoms with Crippen molar-refractivity contribution in [2.24, 2.45) is 0 Å². The van der Waals surface area contributed by atoms with E-state index >= 15 is 0 Å². The highest BCUT2D eigenvalue weighted by Crippen LogP contribution is 2.30. The number of rotatable bonds is 5. The fourth-order valence-corrected chi connectivity index (χ4v) is 3.42. The number of H-pyrrole nitrogens is 1. The average Bonchev–Trinajstić information content (AvgIpc) is 2.57. The predicted octanol–water partition coefficient (Wildman–Crippen LogP) is 2.61. The number of carbonyl (C=O) groups excluding carboxylic acids is 2. The van der Waals surface area contributed by atoms with Crippen LogP contribution in [-0.4, -0.2) is 27.5 Å². The van der Waals surface area contributed by atoms with Gasteiger partial charge in [-0.3, -0.25) is 14.4 Å². The van der Waals surface area contributed by atoms with E-state index in [0.717, 1.165) is 24.3 Å². The monoisotopic (exact) mass is 394 g/mol. The molecule has 0 saturated carbocycles. The third-order valence-electron chi connectivity index (χ3n) is 3.82. The second-order valence-corrected chi connectivity index (χ2v) is 7.02. The molecule has 7 nitrogen and oxygen atoms in total. The second kappa shape index (κ2) is 7.87. The number of nitrogens with zero attached hydrogens (tertiary/aromatic N) is 1. The molecular formula is C17H16F2N4O3S. The van der Waals surface area contributed by atoms with Crippen LogP contribution in [0.1, 0.15) is 31.2 Å². The van der Waals surface area contributed by atoms with Crippen LogP contribution < -0.4 is 16.2 Å². The van der Waals surface area contributed by atoms with Crippen LogP contribution in [0, 0.1) is 11.6 Å². The van der Waals surface area contributed by atoms with E-state index in [-0.39, 0.29) is 23.5 Å². The summed E-state index contributed by atoms with van der Waals surface area (Å²) in [5, 5.41) is 5.19. The number of thioether (sulfide) groups is 1. The van der Waals surface area contributed by atoms with Gasteiger partial charge in [0.05, 0.1) is 11.5 Å². The Hall–Kier alpha value is -2.75. The first-order chi connectivity index (χ1) is 12.9. The number of benzene rings is 1. The molecule has 0 fully saturated rings. The molecule has 1 aromatic heterocycles. The summed E-state index contributed by atoms with van der Waals surface area (Å²) in [6.07, 6.45) is 0.593. The standard InChI is InChI=1S/C17H16F2N4O3S/c1-2-3-27-17-22-14-13(16(26)23-17)11(7-12(24)21-14)15(25)20-10-5-8(18)4-9(19)6-10/h4-6,11H,2-3,7H2,1H3,(H,20,25)(H2,21,22,23,24,26)/t11-/m0/s1. The number of aromatic amines is 1. The van der Waals surface area contributed by atoms with Crippen molar-refractivity contribution in [1.82, 2.24) is 9.97 Å². The number of hydrogen-bond acceptors (Lipinski definition) is 5. The van der Waals surface area contributed by atoms with Gasteiger partial charge in [0.1, 0.15) is 17.5 Å². The number of anilines is 2. The minimum atomic E-state index is -1.12. The zero-order valence-electron chi connectivity index (χ0n) is 14.3. The first-order valence-corrected chi connectivity index (χ1v) is 9.19. The summed E-state index contributed by atoms with van der Waals surface area (Å²) in [5.41, 5.74) is -0.626. The molecule has 0 radical (unpaired) electrons. The van der Waals surface area contributed by atoms with Gasteiger partial charge >= 0.3 is 0 Å². The molecule has 0 saturated heterocycles. The summed E-state index contributed by atoms with van der Waals surface area (Å²) in [6, 6.07) is 2.55. The molecular weight excluding hydrogens is 378 g/mol. The molecule has 10 heteroatoms. The van der Waals surface area contributed by atoms with Crippen LogP contribution in [0.2, 0.25) is 0 Å². The van der Waals surface area contributed by atoms with Crippen LogP contribution in [0.5, 0.6) is 0 Å². The molecule has 2 aromatic rings. The Balaban J connectivity index is 1.92. The molecule has 142 valence electrons. The fourth-order valence-electron chi connectivity index (χ4n) is 2.70. The molecule has 2 amide bonds. The minimum Gasteiger partial charge on any atom is -0.325 e. The van der Waals surface area contributed by atoms with Crippen LogP contribution in [0.3, 0.4) is 0 Å². The van der Waals surface area contributed by atoms with Crippen molar-refractivity contribution in [3.05, 3.63) is 45.8 Å². The Morgan fingerprint density at radius 3 is 2.67 bits per heavy atom. The van der Waals surface area contributed by atoms with Gasteiger partial charge in [-0.2, -0.15) is 0 Å². The van der Waals surface area contributed by atoms with Crippen molar-refractivity contribution in [3.8, 4) is 0 Å². The van der Waals surface area contributed by atoms with Gasteiger partial charge in [0, 0.05) is 23.9 Å². The number of nitrogens with one attached hydrogen (secondary N) is 3. The highest BCUT2D eigenvalue weighted by molar-refractivity contribution is 7.99. The van der Waals surface area contributed by atoms with E-state index in [0.29, 0.717) is 11.2 Å². The zero-order valence-corrected chi connectivity index (χ0v) is 15.1. The minimum absolute atomic E-state index is 0.0184. The predicted molar refractivity (Wildman–Crippen MR) is 96.8 cm³/mol. The van der Waals surface area contributed by atoms with Crippen LogP contribution in [0.15, 0.2) is 28.2 Å². The van der Waals surface area contributed by atoms with Gasteiger partial charge in [0.15, 0.2) is 5.16 Å². The number of halogens is 2. The van der Waals surface area contributed by atoms with Crippen molar-refractivity contribution in [2.75, 3.05) is 16.4 Å². The zero-order chi connectivity index (χ0) is 19.6. The topological polar surface area (TPSA) is 104 Å². The maximum atomic E-state index is 13.3. The maximum absolute atomic E-state index is 13.3. The van der Waals surface area contributed by atoms with Gasteiger partial charge in [-0.25, -0.2) is 13.8 Å². The van der Waals surface area contributed by atoms with Crippen LogP contribution in [0.25, 0.3) is 0 Å². The van der Waals surface area contributed by atoms with E-state index < -0.39 is 34.9 Å². The van der Waals surface area contributed by atoms with Crippen molar-refractivity contribution >= 4 is 35.1 Å². The Kier molecular flexibility index (Phi) is 5.54. The fraction of sp³-hybridized carbons (Fsp3) is 0.294. The van der Waals surface area contributed by atoms with Crippen LogP contribution >= 0.6 is 11.8 Å². The first-order valence-electron chi connectivity index (χ1n) is 8.21. The highest BCUT2D eigenvalue weighted by atomic mass is 32.2. The van der Waals surface area contributed by atoms with Crippen molar-refractivity contribution in [2.45, 2.75) is 30.8 Å². The van der Waals surface area contributed by atoms with Gasteiger partial charge < -0.3 is 15.6 Å². The summed E-state index contributed by atoms with van der Waals surface area (Å²) < 4.78 is 26.6. The van der Waals surface area contributed by atoms with Gasteiger partial charge in [-0.05, 0) is 18.6 Å². The average molecular weight is 394 g/mol. The summed E-state index contributed by atoms with van der Waals surface area (Å²) in [6.45, 7) is 1.97. The largest absolute Gasteiger partial charge is 0.325 e. The number of fused-ring (bicyclic) bond motifs is 1. The lowest BCUT2D eigenvalue weighted by atomic mass is 9.92. The van der Waals surface area contributed by atoms with Gasteiger partial charge in [0.25, 0.3) is 5.56 Å². The second-order valence-electron chi connectivity index (χ2n) is 5.93. The highest BCUT2D eigenvalue weighted by Gasteiger charge is 2.34. The van der Waals surface area contributed by atoms with E-state index in [1.807, 2.05) is 6.92 Å². The summed E-state index contributed by atoms with van der Waals surface area (Å²) in [4.78, 5) is 43.8. The van der Waals surface area contributed by atoms with Gasteiger partial charge in [0.2, 0.25) is 11.8 Å². The van der Waals surface area contributed by atoms with Crippen molar-refractivity contribution in [3.63, 3.8) is 0 Å². The van der Waals surface area contributed by atoms with Gasteiger partial charge in [-0.1, -0.05) is 18.7 Å². The van der Waals surface area contributed by atoms with E-state index in [9.17, 15) is 23.2 Å². The Morgan fingerprint density at radius 2 is 2.00 bits per heavy atom. The molecule has 1 aromatic carbocycles. The number of aromatic nitrogens is 2. The molecule has 1 aliphatic heterocycles. The molecule has 1 atom stereocenters. The third kappa shape index (κ3) is 4.33. The van der Waals surface area contributed by atoms with E-state index in [1.165, 1.54) is 11.8 Å². The van der Waals surface area contributed by atoms with E-state index in [2.05, 4.69) is 20.6 Å². The van der Waals surface area contributed by atoms with E-state index in [4.69, 9.17) is 0 Å². The Labute approximate surface area is 157 Å². The SMILES string of the molecule is CCCSc1nc2c(c(=O)[nH]1)[C@@H](C(=O)Nc1cc(F)cc(F)c1)CC(=O)N2. The lowest BCUT2D eigenvalue weighted by molar-refractivity contribution is -0.123. The molecule has 2 heterocycles. The van der Waals surface area contributed by atoms with Gasteiger partial charge in [-0.15, -0.1) is 0 Å². The van der Waals surface area contributed by atoms with Crippen LogP contribution in [0.4, 0.5) is 20.3 Å². The Morgan fingerprint density at radius 1 is 1.30 bits per heavy atom. The molecule has 0 unspecified atom stereocenters. The molecule has 1 aliphatic rings. The molecule has 0 aliphatic carbocycles.